The molecule has 21 heavy (non-hydrogen) atoms. The molecule has 0 bridgehead atoms. The number of carbonyl (C=O) groups excluding carboxylic acids is 1. The lowest BCUT2D eigenvalue weighted by molar-refractivity contribution is -0.128. The van der Waals surface area contributed by atoms with Gasteiger partial charge in [0.15, 0.2) is 0 Å². The summed E-state index contributed by atoms with van der Waals surface area (Å²) in [5.74, 6) is 0.0924. The van der Waals surface area contributed by atoms with Crippen LogP contribution in [-0.4, -0.2) is 59.0 Å². The third kappa shape index (κ3) is 4.69. The van der Waals surface area contributed by atoms with Crippen molar-refractivity contribution in [1.82, 2.24) is 15.1 Å². The fourth-order valence-corrected chi connectivity index (χ4v) is 2.43. The summed E-state index contributed by atoms with van der Waals surface area (Å²) in [4.78, 5) is 16.7. The Morgan fingerprint density at radius 1 is 1.24 bits per heavy atom. The molecule has 0 saturated carbocycles. The Morgan fingerprint density at radius 3 is 2.19 bits per heavy atom. The Kier molecular flexibility index (Phi) is 5.77. The molecule has 0 radical (unpaired) electrons. The maximum absolute atomic E-state index is 12.3. The SMILES string of the molecule is CCC(C)(C)NC(=O)C(C)N1CCN(C(C)(C)C#N)CC1. The van der Waals surface area contributed by atoms with Crippen LogP contribution in [0.25, 0.3) is 0 Å². The van der Waals surface area contributed by atoms with Crippen molar-refractivity contribution in [2.45, 2.75) is 65.1 Å². The van der Waals surface area contributed by atoms with Crippen LogP contribution < -0.4 is 5.32 Å². The summed E-state index contributed by atoms with van der Waals surface area (Å²) in [6.07, 6.45) is 0.912. The van der Waals surface area contributed by atoms with Gasteiger partial charge in [0.25, 0.3) is 0 Å². The molecule has 1 heterocycles. The molecule has 1 aliphatic heterocycles. The molecule has 1 aliphatic rings. The second-order valence-electron chi connectivity index (χ2n) is 7.10. The molecule has 5 nitrogen and oxygen atoms in total. The summed E-state index contributed by atoms with van der Waals surface area (Å²) in [5, 5.41) is 12.3. The van der Waals surface area contributed by atoms with Crippen molar-refractivity contribution in [3.05, 3.63) is 0 Å². The van der Waals surface area contributed by atoms with Crippen LogP contribution in [0.2, 0.25) is 0 Å². The second-order valence-corrected chi connectivity index (χ2v) is 7.10. The molecule has 0 aromatic rings. The zero-order chi connectivity index (χ0) is 16.3. The van der Waals surface area contributed by atoms with E-state index in [0.29, 0.717) is 0 Å². The zero-order valence-corrected chi connectivity index (χ0v) is 14.4. The maximum Gasteiger partial charge on any atom is 0.237 e. The highest BCUT2D eigenvalue weighted by atomic mass is 16.2. The molecule has 1 saturated heterocycles. The van der Waals surface area contributed by atoms with Crippen LogP contribution in [0.15, 0.2) is 0 Å². The van der Waals surface area contributed by atoms with E-state index in [9.17, 15) is 10.1 Å². The average Bonchev–Trinajstić information content (AvgIpc) is 2.46. The molecule has 1 N–H and O–H groups in total. The summed E-state index contributed by atoms with van der Waals surface area (Å²) in [7, 11) is 0. The van der Waals surface area contributed by atoms with Gasteiger partial charge in [-0.2, -0.15) is 5.26 Å². The van der Waals surface area contributed by atoms with Gasteiger partial charge < -0.3 is 5.32 Å². The predicted octanol–water partition coefficient (Wildman–Crippen LogP) is 1.60. The molecule has 0 aromatic carbocycles. The number of carbonyl (C=O) groups is 1. The van der Waals surface area contributed by atoms with Gasteiger partial charge in [0.2, 0.25) is 5.91 Å². The molecule has 5 heteroatoms. The van der Waals surface area contributed by atoms with Crippen molar-refractivity contribution in [3.63, 3.8) is 0 Å². The van der Waals surface area contributed by atoms with Crippen molar-refractivity contribution in [2.75, 3.05) is 26.2 Å². The van der Waals surface area contributed by atoms with Crippen LogP contribution in [0.1, 0.15) is 48.0 Å². The molecule has 0 aliphatic carbocycles. The molecule has 1 amide bonds. The first-order valence-electron chi connectivity index (χ1n) is 7.85. The predicted molar refractivity (Wildman–Crippen MR) is 84.8 cm³/mol. The summed E-state index contributed by atoms with van der Waals surface area (Å²) in [6.45, 7) is 15.3. The summed E-state index contributed by atoms with van der Waals surface area (Å²) in [5.41, 5.74) is -0.586. The van der Waals surface area contributed by atoms with E-state index in [1.807, 2.05) is 34.6 Å². The minimum atomic E-state index is -0.429. The van der Waals surface area contributed by atoms with E-state index in [2.05, 4.69) is 28.1 Å². The van der Waals surface area contributed by atoms with Gasteiger partial charge in [0.1, 0.15) is 5.54 Å². The molecule has 1 fully saturated rings. The molecule has 0 aromatic heterocycles. The average molecular weight is 294 g/mol. The van der Waals surface area contributed by atoms with Gasteiger partial charge in [-0.1, -0.05) is 6.92 Å². The van der Waals surface area contributed by atoms with Gasteiger partial charge in [0, 0.05) is 31.7 Å². The number of amides is 1. The summed E-state index contributed by atoms with van der Waals surface area (Å²) >= 11 is 0. The quantitative estimate of drug-likeness (QED) is 0.837. The van der Waals surface area contributed by atoms with Gasteiger partial charge in [0.05, 0.1) is 12.1 Å². The molecule has 120 valence electrons. The highest BCUT2D eigenvalue weighted by molar-refractivity contribution is 5.82. The normalized spacial score (nSPS) is 19.9. The van der Waals surface area contributed by atoms with Crippen LogP contribution in [0.4, 0.5) is 0 Å². The first kappa shape index (κ1) is 17.9. The van der Waals surface area contributed by atoms with Crippen molar-refractivity contribution in [3.8, 4) is 6.07 Å². The van der Waals surface area contributed by atoms with Crippen molar-refractivity contribution in [2.24, 2.45) is 0 Å². The van der Waals surface area contributed by atoms with Gasteiger partial charge >= 0.3 is 0 Å². The van der Waals surface area contributed by atoms with Gasteiger partial charge in [-0.3, -0.25) is 14.6 Å². The lowest BCUT2D eigenvalue weighted by Crippen LogP contribution is -2.59. The van der Waals surface area contributed by atoms with Crippen LogP contribution in [0, 0.1) is 11.3 Å². The van der Waals surface area contributed by atoms with E-state index < -0.39 is 5.54 Å². The Balaban J connectivity index is 2.54. The number of nitriles is 1. The van der Waals surface area contributed by atoms with Crippen LogP contribution in [-0.2, 0) is 4.79 Å². The Bertz CT molecular complexity index is 403. The molecule has 1 atom stereocenters. The molecule has 1 unspecified atom stereocenters. The fraction of sp³-hybridized carbons (Fsp3) is 0.875. The number of hydrogen-bond donors (Lipinski definition) is 1. The number of rotatable bonds is 5. The summed E-state index contributed by atoms with van der Waals surface area (Å²) < 4.78 is 0. The number of nitrogens with one attached hydrogen (secondary N) is 1. The molecular formula is C16H30N4O. The topological polar surface area (TPSA) is 59.4 Å². The van der Waals surface area contributed by atoms with Gasteiger partial charge in [-0.25, -0.2) is 0 Å². The molecular weight excluding hydrogens is 264 g/mol. The Morgan fingerprint density at radius 2 is 1.76 bits per heavy atom. The monoisotopic (exact) mass is 294 g/mol. The van der Waals surface area contributed by atoms with E-state index in [0.717, 1.165) is 32.6 Å². The zero-order valence-electron chi connectivity index (χ0n) is 14.4. The minimum absolute atomic E-state index is 0.0924. The number of hydrogen-bond acceptors (Lipinski definition) is 4. The third-order valence-electron chi connectivity index (χ3n) is 4.65. The first-order valence-corrected chi connectivity index (χ1v) is 7.85. The maximum atomic E-state index is 12.3. The first-order chi connectivity index (χ1) is 9.63. The minimum Gasteiger partial charge on any atom is -0.350 e. The molecule has 0 spiro atoms. The third-order valence-corrected chi connectivity index (χ3v) is 4.65. The highest BCUT2D eigenvalue weighted by Crippen LogP contribution is 2.17. The number of piperazine rings is 1. The number of nitrogens with zero attached hydrogens (tertiary/aromatic N) is 3. The Hall–Kier alpha value is -1.12. The smallest absolute Gasteiger partial charge is 0.237 e. The largest absolute Gasteiger partial charge is 0.350 e. The lowest BCUT2D eigenvalue weighted by atomic mass is 10.0. The van der Waals surface area contributed by atoms with E-state index >= 15 is 0 Å². The van der Waals surface area contributed by atoms with Crippen molar-refractivity contribution >= 4 is 5.91 Å². The van der Waals surface area contributed by atoms with Gasteiger partial charge in [-0.15, -0.1) is 0 Å². The Labute approximate surface area is 129 Å². The van der Waals surface area contributed by atoms with Crippen molar-refractivity contribution < 1.29 is 4.79 Å². The van der Waals surface area contributed by atoms with Crippen LogP contribution in [0.3, 0.4) is 0 Å². The van der Waals surface area contributed by atoms with Crippen LogP contribution in [0.5, 0.6) is 0 Å². The van der Waals surface area contributed by atoms with E-state index in [1.165, 1.54) is 0 Å². The fourth-order valence-electron chi connectivity index (χ4n) is 2.43. The summed E-state index contributed by atoms with van der Waals surface area (Å²) in [6, 6.07) is 2.22. The highest BCUT2D eigenvalue weighted by Gasteiger charge is 2.33. The molecule has 1 rings (SSSR count). The standard InChI is InChI=1S/C16H30N4O/c1-7-15(3,4)18-14(21)13(2)19-8-10-20(11-9-19)16(5,6)12-17/h13H,7-11H2,1-6H3,(H,18,21). The van der Waals surface area contributed by atoms with E-state index in [-0.39, 0.29) is 17.5 Å². The van der Waals surface area contributed by atoms with E-state index in [1.54, 1.807) is 0 Å². The van der Waals surface area contributed by atoms with Crippen molar-refractivity contribution in [1.29, 1.82) is 5.26 Å². The van der Waals surface area contributed by atoms with E-state index in [4.69, 9.17) is 0 Å². The van der Waals surface area contributed by atoms with Gasteiger partial charge in [-0.05, 0) is 41.0 Å². The lowest BCUT2D eigenvalue weighted by Gasteiger charge is -2.42. The second kappa shape index (κ2) is 6.76. The van der Waals surface area contributed by atoms with Crippen LogP contribution >= 0.6 is 0 Å².